The summed E-state index contributed by atoms with van der Waals surface area (Å²) >= 11 is 0. The molecule has 0 radical (unpaired) electrons. The highest BCUT2D eigenvalue weighted by Crippen LogP contribution is 2.51. The molecule has 32 heavy (non-hydrogen) atoms. The SMILES string of the molecule is CC(C)CCCCCc1cccc([P+](O)(O)Oc2ccccc2)c1CCCCCC(C)C. The van der Waals surface area contributed by atoms with Crippen LogP contribution in [-0.2, 0) is 12.8 Å². The van der Waals surface area contributed by atoms with Gasteiger partial charge in [-0.15, -0.1) is 0 Å². The van der Waals surface area contributed by atoms with Gasteiger partial charge in [-0.05, 0) is 61.3 Å². The lowest BCUT2D eigenvalue weighted by atomic mass is 9.95. The van der Waals surface area contributed by atoms with Gasteiger partial charge in [0.2, 0.25) is 0 Å². The summed E-state index contributed by atoms with van der Waals surface area (Å²) in [6, 6.07) is 15.1. The van der Waals surface area contributed by atoms with Crippen LogP contribution >= 0.6 is 7.94 Å². The average molecular weight is 460 g/mol. The molecule has 4 heteroatoms. The van der Waals surface area contributed by atoms with Crippen molar-refractivity contribution in [1.82, 2.24) is 0 Å². The highest BCUT2D eigenvalue weighted by atomic mass is 31.2. The van der Waals surface area contributed by atoms with Crippen molar-refractivity contribution in [2.45, 2.75) is 91.9 Å². The minimum absolute atomic E-state index is 0.493. The molecule has 0 bridgehead atoms. The van der Waals surface area contributed by atoms with Gasteiger partial charge < -0.3 is 0 Å². The molecule has 0 aliphatic rings. The van der Waals surface area contributed by atoms with E-state index in [2.05, 4.69) is 33.8 Å². The Morgan fingerprint density at radius 1 is 0.688 bits per heavy atom. The third-order valence-electron chi connectivity index (χ3n) is 5.97. The van der Waals surface area contributed by atoms with Crippen LogP contribution in [0.4, 0.5) is 0 Å². The van der Waals surface area contributed by atoms with E-state index in [1.165, 1.54) is 44.1 Å². The minimum Gasteiger partial charge on any atom is -0.281 e. The molecular formula is C28H44O3P+. The molecule has 178 valence electrons. The van der Waals surface area contributed by atoms with Crippen LogP contribution in [0.3, 0.4) is 0 Å². The molecular weight excluding hydrogens is 415 g/mol. The lowest BCUT2D eigenvalue weighted by molar-refractivity contribution is 0.354. The van der Waals surface area contributed by atoms with Gasteiger partial charge >= 0.3 is 7.94 Å². The van der Waals surface area contributed by atoms with E-state index in [4.69, 9.17) is 4.52 Å². The summed E-state index contributed by atoms with van der Waals surface area (Å²) in [5, 5.41) is 0.588. The molecule has 3 nitrogen and oxygen atoms in total. The van der Waals surface area contributed by atoms with Crippen LogP contribution in [0.5, 0.6) is 5.75 Å². The molecule has 2 aromatic carbocycles. The molecule has 0 saturated heterocycles. The first-order valence-corrected chi connectivity index (χ1v) is 14.1. The number of para-hydroxylation sites is 1. The molecule has 2 aromatic rings. The molecule has 0 heterocycles. The fraction of sp³-hybridized carbons (Fsp3) is 0.571. The van der Waals surface area contributed by atoms with Crippen LogP contribution in [0.25, 0.3) is 0 Å². The van der Waals surface area contributed by atoms with Gasteiger partial charge in [0.25, 0.3) is 0 Å². The lowest BCUT2D eigenvalue weighted by Gasteiger charge is -2.18. The molecule has 2 N–H and O–H groups in total. The number of hydrogen-bond acceptors (Lipinski definition) is 3. The third-order valence-corrected chi connectivity index (χ3v) is 7.49. The van der Waals surface area contributed by atoms with E-state index in [1.807, 2.05) is 30.3 Å². The third kappa shape index (κ3) is 9.61. The first-order valence-electron chi connectivity index (χ1n) is 12.5. The molecule has 0 unspecified atom stereocenters. The maximum Gasteiger partial charge on any atom is 0.487 e. The molecule has 0 spiro atoms. The maximum absolute atomic E-state index is 11.0. The average Bonchev–Trinajstić information content (AvgIpc) is 2.73. The highest BCUT2D eigenvalue weighted by Gasteiger charge is 2.43. The van der Waals surface area contributed by atoms with Crippen molar-refractivity contribution in [1.29, 1.82) is 0 Å². The van der Waals surface area contributed by atoms with Crippen LogP contribution in [0.2, 0.25) is 0 Å². The topological polar surface area (TPSA) is 49.7 Å². The summed E-state index contributed by atoms with van der Waals surface area (Å²) in [5.74, 6) is 1.98. The summed E-state index contributed by atoms with van der Waals surface area (Å²) in [4.78, 5) is 22.1. The molecule has 0 saturated carbocycles. The molecule has 0 fully saturated rings. The van der Waals surface area contributed by atoms with E-state index in [0.29, 0.717) is 11.1 Å². The Labute approximate surface area is 196 Å². The van der Waals surface area contributed by atoms with Gasteiger partial charge in [-0.1, -0.05) is 96.6 Å². The predicted octanol–water partition coefficient (Wildman–Crippen LogP) is 7.66. The second kappa shape index (κ2) is 14.0. The number of benzene rings is 2. The quantitative estimate of drug-likeness (QED) is 0.212. The smallest absolute Gasteiger partial charge is 0.281 e. The summed E-state index contributed by atoms with van der Waals surface area (Å²) in [5.41, 5.74) is 2.34. The Bertz CT molecular complexity index is 772. The Balaban J connectivity index is 2.14. The first-order chi connectivity index (χ1) is 15.3. The van der Waals surface area contributed by atoms with Crippen LogP contribution in [0.1, 0.15) is 90.2 Å². The van der Waals surface area contributed by atoms with E-state index in [0.717, 1.165) is 43.1 Å². The Hall–Kier alpha value is -1.41. The van der Waals surface area contributed by atoms with Crippen LogP contribution in [0.15, 0.2) is 48.5 Å². The first kappa shape index (κ1) is 26.8. The molecule has 0 amide bonds. The molecule has 2 rings (SSSR count). The summed E-state index contributed by atoms with van der Waals surface area (Å²) in [7, 11) is -3.71. The second-order valence-corrected chi connectivity index (χ2v) is 11.6. The second-order valence-electron chi connectivity index (χ2n) is 9.85. The van der Waals surface area contributed by atoms with Crippen LogP contribution < -0.4 is 9.83 Å². The Kier molecular flexibility index (Phi) is 11.7. The minimum atomic E-state index is -3.71. The van der Waals surface area contributed by atoms with Gasteiger partial charge in [0.05, 0.1) is 0 Å². The Morgan fingerprint density at radius 3 is 1.88 bits per heavy atom. The van der Waals surface area contributed by atoms with Crippen LogP contribution in [0, 0.1) is 11.8 Å². The van der Waals surface area contributed by atoms with Crippen molar-refractivity contribution in [3.05, 3.63) is 59.7 Å². The van der Waals surface area contributed by atoms with Crippen molar-refractivity contribution < 1.29 is 14.3 Å². The zero-order chi connectivity index (χ0) is 23.4. The summed E-state index contributed by atoms with van der Waals surface area (Å²) < 4.78 is 5.73. The predicted molar refractivity (Wildman–Crippen MR) is 139 cm³/mol. The number of hydrogen-bond donors (Lipinski definition) is 2. The van der Waals surface area contributed by atoms with Crippen molar-refractivity contribution in [3.8, 4) is 5.75 Å². The normalized spacial score (nSPS) is 12.0. The monoisotopic (exact) mass is 459 g/mol. The van der Waals surface area contributed by atoms with Gasteiger partial charge in [-0.3, -0.25) is 4.52 Å². The molecule has 0 aliphatic heterocycles. The zero-order valence-electron chi connectivity index (χ0n) is 20.6. The van der Waals surface area contributed by atoms with E-state index < -0.39 is 7.94 Å². The standard InChI is InChI=1S/C28H44O3P/c1-23(2)15-8-5-10-17-25-18-14-22-28(27(25)21-13-6-9-16-24(3)4)32(29,30)31-26-19-11-7-12-20-26/h7,11-12,14,18-20,22-24,29-30H,5-6,8-10,13,15-17,21H2,1-4H3/q+1. The lowest BCUT2D eigenvalue weighted by Crippen LogP contribution is -2.21. The van der Waals surface area contributed by atoms with Crippen molar-refractivity contribution >= 4 is 13.2 Å². The summed E-state index contributed by atoms with van der Waals surface area (Å²) in [6.07, 6.45) is 11.5. The number of aryl methyl sites for hydroxylation is 1. The van der Waals surface area contributed by atoms with Crippen molar-refractivity contribution in [3.63, 3.8) is 0 Å². The van der Waals surface area contributed by atoms with E-state index in [9.17, 15) is 9.79 Å². The van der Waals surface area contributed by atoms with Gasteiger partial charge in [-0.25, -0.2) is 0 Å². The van der Waals surface area contributed by atoms with Gasteiger partial charge in [0, 0.05) is 5.56 Å². The van der Waals surface area contributed by atoms with Crippen molar-refractivity contribution in [2.24, 2.45) is 11.8 Å². The van der Waals surface area contributed by atoms with E-state index in [-0.39, 0.29) is 0 Å². The maximum atomic E-state index is 11.0. The number of unbranched alkanes of at least 4 members (excludes halogenated alkanes) is 4. The summed E-state index contributed by atoms with van der Waals surface area (Å²) in [6.45, 7) is 9.09. The van der Waals surface area contributed by atoms with Gasteiger partial charge in [0.1, 0.15) is 0 Å². The molecule has 0 aliphatic carbocycles. The highest BCUT2D eigenvalue weighted by molar-refractivity contribution is 7.68. The Morgan fingerprint density at radius 2 is 1.28 bits per heavy atom. The molecule has 0 atom stereocenters. The van der Waals surface area contributed by atoms with E-state index in [1.54, 1.807) is 12.1 Å². The largest absolute Gasteiger partial charge is 0.487 e. The fourth-order valence-corrected chi connectivity index (χ4v) is 5.57. The fourth-order valence-electron chi connectivity index (χ4n) is 4.17. The number of rotatable bonds is 15. The van der Waals surface area contributed by atoms with E-state index >= 15 is 0 Å². The zero-order valence-corrected chi connectivity index (χ0v) is 21.5. The molecule has 0 aromatic heterocycles. The van der Waals surface area contributed by atoms with Gasteiger partial charge in [-0.2, -0.15) is 9.79 Å². The van der Waals surface area contributed by atoms with Crippen molar-refractivity contribution in [2.75, 3.05) is 0 Å². The van der Waals surface area contributed by atoms with Gasteiger partial charge in [0.15, 0.2) is 11.1 Å². The van der Waals surface area contributed by atoms with Crippen LogP contribution in [-0.4, -0.2) is 9.79 Å².